The Labute approximate surface area is 189 Å². The van der Waals surface area contributed by atoms with E-state index < -0.39 is 10.8 Å². The topological polar surface area (TPSA) is 112 Å². The van der Waals surface area contributed by atoms with E-state index in [-0.39, 0.29) is 11.4 Å². The van der Waals surface area contributed by atoms with E-state index in [0.29, 0.717) is 16.9 Å². The molecule has 9 nitrogen and oxygen atoms in total. The van der Waals surface area contributed by atoms with Gasteiger partial charge in [0.1, 0.15) is 11.4 Å². The monoisotopic (exact) mass is 441 g/mol. The quantitative estimate of drug-likeness (QED) is 0.262. The molecule has 0 aliphatic carbocycles. The van der Waals surface area contributed by atoms with E-state index in [1.165, 1.54) is 23.0 Å². The highest BCUT2D eigenvalue weighted by atomic mass is 16.6. The van der Waals surface area contributed by atoms with Crippen molar-refractivity contribution in [2.45, 2.75) is 0 Å². The standard InChI is InChI=1S/C24H19N5O4/c1-33-21-12-10-18(11-13-21)22-15-23(28(27-22)19-7-3-2-4-8-19)24(30)26-25-16-17-6-5-9-20(14-17)29(31)32/h2-16H,1H3,(H,26,30)/b25-16+. The molecule has 0 atom stereocenters. The number of nitro benzene ring substituents is 1. The zero-order valence-electron chi connectivity index (χ0n) is 17.6. The molecule has 0 spiro atoms. The molecule has 164 valence electrons. The molecule has 3 aromatic carbocycles. The Bertz CT molecular complexity index is 1310. The van der Waals surface area contributed by atoms with Gasteiger partial charge in [-0.05, 0) is 42.5 Å². The molecule has 0 unspecified atom stereocenters. The molecular formula is C24H19N5O4. The van der Waals surface area contributed by atoms with Crippen LogP contribution in [0.2, 0.25) is 0 Å². The zero-order valence-corrected chi connectivity index (χ0v) is 17.6. The van der Waals surface area contributed by atoms with Gasteiger partial charge < -0.3 is 4.74 Å². The van der Waals surface area contributed by atoms with Crippen LogP contribution in [0.4, 0.5) is 5.69 Å². The highest BCUT2D eigenvalue weighted by Crippen LogP contribution is 2.24. The number of para-hydroxylation sites is 1. The van der Waals surface area contributed by atoms with E-state index in [0.717, 1.165) is 11.3 Å². The van der Waals surface area contributed by atoms with E-state index in [1.54, 1.807) is 25.3 Å². The van der Waals surface area contributed by atoms with Crippen LogP contribution in [0.3, 0.4) is 0 Å². The number of hydrogen-bond donors (Lipinski definition) is 1. The summed E-state index contributed by atoms with van der Waals surface area (Å²) in [5.41, 5.74) is 5.32. The van der Waals surface area contributed by atoms with Crippen LogP contribution in [-0.4, -0.2) is 33.9 Å². The summed E-state index contributed by atoms with van der Waals surface area (Å²) in [5, 5.41) is 19.5. The average Bonchev–Trinajstić information content (AvgIpc) is 3.30. The van der Waals surface area contributed by atoms with Crippen LogP contribution in [-0.2, 0) is 0 Å². The molecule has 4 rings (SSSR count). The molecule has 9 heteroatoms. The maximum Gasteiger partial charge on any atom is 0.290 e. The number of hydrogen-bond acceptors (Lipinski definition) is 6. The predicted molar refractivity (Wildman–Crippen MR) is 124 cm³/mol. The maximum absolute atomic E-state index is 12.9. The second kappa shape index (κ2) is 9.56. The molecule has 1 heterocycles. The molecule has 1 amide bonds. The van der Waals surface area contributed by atoms with E-state index in [9.17, 15) is 14.9 Å². The van der Waals surface area contributed by atoms with Gasteiger partial charge in [0.15, 0.2) is 0 Å². The summed E-state index contributed by atoms with van der Waals surface area (Å²) in [5.74, 6) is 0.238. The number of methoxy groups -OCH3 is 1. The first-order valence-corrected chi connectivity index (χ1v) is 9.93. The molecule has 33 heavy (non-hydrogen) atoms. The van der Waals surface area contributed by atoms with Crippen LogP contribution in [0.5, 0.6) is 5.75 Å². The van der Waals surface area contributed by atoms with Crippen LogP contribution in [0, 0.1) is 10.1 Å². The Balaban J connectivity index is 1.62. The summed E-state index contributed by atoms with van der Waals surface area (Å²) >= 11 is 0. The molecule has 1 N–H and O–H groups in total. The van der Waals surface area contributed by atoms with Crippen molar-refractivity contribution in [2.75, 3.05) is 7.11 Å². The number of aromatic nitrogens is 2. The highest BCUT2D eigenvalue weighted by Gasteiger charge is 2.17. The maximum atomic E-state index is 12.9. The molecule has 0 aliphatic heterocycles. The van der Waals surface area contributed by atoms with Gasteiger partial charge in [-0.15, -0.1) is 0 Å². The van der Waals surface area contributed by atoms with Crippen molar-refractivity contribution in [3.05, 3.63) is 106 Å². The van der Waals surface area contributed by atoms with Crippen LogP contribution >= 0.6 is 0 Å². The number of carbonyl (C=O) groups is 1. The van der Waals surface area contributed by atoms with Gasteiger partial charge in [0.2, 0.25) is 0 Å². The molecule has 0 fully saturated rings. The molecule has 1 aromatic heterocycles. The summed E-state index contributed by atoms with van der Waals surface area (Å²) in [6.45, 7) is 0. The van der Waals surface area contributed by atoms with Crippen LogP contribution in [0.1, 0.15) is 16.1 Å². The van der Waals surface area contributed by atoms with Gasteiger partial charge in [-0.3, -0.25) is 14.9 Å². The number of nitro groups is 1. The number of non-ortho nitro benzene ring substituents is 1. The Morgan fingerprint density at radius 1 is 1.06 bits per heavy atom. The lowest BCUT2D eigenvalue weighted by Gasteiger charge is -2.06. The Morgan fingerprint density at radius 2 is 1.82 bits per heavy atom. The third-order valence-corrected chi connectivity index (χ3v) is 4.79. The van der Waals surface area contributed by atoms with Crippen molar-refractivity contribution < 1.29 is 14.5 Å². The molecule has 0 radical (unpaired) electrons. The molecular weight excluding hydrogens is 422 g/mol. The minimum Gasteiger partial charge on any atom is -0.497 e. The van der Waals surface area contributed by atoms with Gasteiger partial charge in [0, 0.05) is 23.3 Å². The fraction of sp³-hybridized carbons (Fsp3) is 0.0417. The first-order valence-electron chi connectivity index (χ1n) is 9.93. The molecule has 0 bridgehead atoms. The average molecular weight is 441 g/mol. The second-order valence-electron chi connectivity index (χ2n) is 6.94. The Kier molecular flexibility index (Phi) is 6.21. The van der Waals surface area contributed by atoms with Gasteiger partial charge in [0.05, 0.1) is 29.6 Å². The Morgan fingerprint density at radius 3 is 2.52 bits per heavy atom. The fourth-order valence-electron chi connectivity index (χ4n) is 3.15. The van der Waals surface area contributed by atoms with E-state index in [1.807, 2.05) is 54.6 Å². The largest absolute Gasteiger partial charge is 0.497 e. The minimum atomic E-state index is -0.491. The molecule has 0 saturated carbocycles. The lowest BCUT2D eigenvalue weighted by Crippen LogP contribution is -2.21. The van der Waals surface area contributed by atoms with Crippen LogP contribution in [0.15, 0.2) is 90.0 Å². The first-order chi connectivity index (χ1) is 16.0. The Hall–Kier alpha value is -4.79. The number of nitrogens with one attached hydrogen (secondary N) is 1. The fourth-order valence-corrected chi connectivity index (χ4v) is 3.15. The third-order valence-electron chi connectivity index (χ3n) is 4.79. The number of amides is 1. The van der Waals surface area contributed by atoms with Crippen molar-refractivity contribution >= 4 is 17.8 Å². The van der Waals surface area contributed by atoms with Gasteiger partial charge in [0.25, 0.3) is 11.6 Å². The zero-order chi connectivity index (χ0) is 23.2. The SMILES string of the molecule is COc1ccc(-c2cc(C(=O)N/N=C/c3cccc([N+](=O)[O-])c3)n(-c3ccccc3)n2)cc1. The lowest BCUT2D eigenvalue weighted by molar-refractivity contribution is -0.384. The van der Waals surface area contributed by atoms with E-state index in [4.69, 9.17) is 4.74 Å². The number of carbonyl (C=O) groups excluding carboxylic acids is 1. The number of ether oxygens (including phenoxy) is 1. The van der Waals surface area contributed by atoms with Gasteiger partial charge in [-0.2, -0.15) is 10.2 Å². The summed E-state index contributed by atoms with van der Waals surface area (Å²) in [6.07, 6.45) is 1.35. The van der Waals surface area contributed by atoms with Crippen molar-refractivity contribution in [1.29, 1.82) is 0 Å². The smallest absolute Gasteiger partial charge is 0.290 e. The number of hydrazone groups is 1. The van der Waals surface area contributed by atoms with Crippen LogP contribution < -0.4 is 10.2 Å². The summed E-state index contributed by atoms with van der Waals surface area (Å²) in [7, 11) is 1.59. The summed E-state index contributed by atoms with van der Waals surface area (Å²) in [4.78, 5) is 23.4. The normalized spacial score (nSPS) is 10.8. The van der Waals surface area contributed by atoms with Gasteiger partial charge in [-0.1, -0.05) is 30.3 Å². The predicted octanol–water partition coefficient (Wildman–Crippen LogP) is 4.22. The number of rotatable bonds is 7. The van der Waals surface area contributed by atoms with Gasteiger partial charge in [-0.25, -0.2) is 10.1 Å². The number of benzene rings is 3. The summed E-state index contributed by atoms with van der Waals surface area (Å²) in [6, 6.07) is 24.2. The van der Waals surface area contributed by atoms with Crippen molar-refractivity contribution in [3.8, 4) is 22.7 Å². The van der Waals surface area contributed by atoms with E-state index in [2.05, 4.69) is 15.6 Å². The minimum absolute atomic E-state index is 0.0587. The number of nitrogens with zero attached hydrogens (tertiary/aromatic N) is 4. The third kappa shape index (κ3) is 4.93. The van der Waals surface area contributed by atoms with Crippen molar-refractivity contribution in [3.63, 3.8) is 0 Å². The molecule has 0 saturated heterocycles. The molecule has 0 aliphatic rings. The van der Waals surface area contributed by atoms with Crippen LogP contribution in [0.25, 0.3) is 16.9 Å². The highest BCUT2D eigenvalue weighted by molar-refractivity contribution is 5.95. The lowest BCUT2D eigenvalue weighted by atomic mass is 10.1. The van der Waals surface area contributed by atoms with E-state index >= 15 is 0 Å². The van der Waals surface area contributed by atoms with Crippen molar-refractivity contribution in [2.24, 2.45) is 5.10 Å². The summed E-state index contributed by atoms with van der Waals surface area (Å²) < 4.78 is 6.74. The van der Waals surface area contributed by atoms with Crippen molar-refractivity contribution in [1.82, 2.24) is 15.2 Å². The molecule has 4 aromatic rings. The van der Waals surface area contributed by atoms with Gasteiger partial charge >= 0.3 is 0 Å². The second-order valence-corrected chi connectivity index (χ2v) is 6.94. The first kappa shape index (κ1) is 21.4.